The maximum atomic E-state index is 12.5. The van der Waals surface area contributed by atoms with Crippen molar-refractivity contribution in [3.05, 3.63) is 0 Å². The molecule has 2 unspecified atom stereocenters. The maximum Gasteiger partial charge on any atom is 0.392 e. The van der Waals surface area contributed by atoms with E-state index in [0.717, 1.165) is 19.3 Å². The Morgan fingerprint density at radius 2 is 1.71 bits per heavy atom. The minimum atomic E-state index is -4.02. The molecule has 14 heavy (non-hydrogen) atoms. The molecule has 0 aliphatic carbocycles. The third kappa shape index (κ3) is 5.41. The van der Waals surface area contributed by atoms with Crippen LogP contribution in [0.4, 0.5) is 13.2 Å². The van der Waals surface area contributed by atoms with Gasteiger partial charge >= 0.3 is 6.18 Å². The fraction of sp³-hybridized carbons (Fsp3) is 1.00. The fourth-order valence-electron chi connectivity index (χ4n) is 1.48. The summed E-state index contributed by atoms with van der Waals surface area (Å²) >= 11 is 1.95. The van der Waals surface area contributed by atoms with Crippen molar-refractivity contribution in [1.82, 2.24) is 0 Å². The first-order valence-electron chi connectivity index (χ1n) is 5.14. The van der Waals surface area contributed by atoms with Gasteiger partial charge in [-0.1, -0.05) is 55.7 Å². The highest BCUT2D eigenvalue weighted by atomic mass is 127. The molecule has 0 amide bonds. The molecule has 0 radical (unpaired) electrons. The second-order valence-corrected chi connectivity index (χ2v) is 5.17. The Hall–Kier alpha value is 0.520. The van der Waals surface area contributed by atoms with Crippen molar-refractivity contribution in [3.63, 3.8) is 0 Å². The molecule has 0 saturated heterocycles. The van der Waals surface area contributed by atoms with E-state index in [1.54, 1.807) is 6.92 Å². The largest absolute Gasteiger partial charge is 0.392 e. The first kappa shape index (κ1) is 14.5. The first-order chi connectivity index (χ1) is 6.43. The van der Waals surface area contributed by atoms with Crippen LogP contribution in [0, 0.1) is 5.92 Å². The molecule has 4 heteroatoms. The number of rotatable bonds is 6. The standard InChI is InChI=1S/C10H18F3I/c1-3-5-6-7-9(14)8(4-2)10(11,12)13/h8-9H,3-7H2,1-2H3. The fourth-order valence-corrected chi connectivity index (χ4v) is 2.84. The van der Waals surface area contributed by atoms with Gasteiger partial charge in [-0.3, -0.25) is 0 Å². The van der Waals surface area contributed by atoms with Gasteiger partial charge in [0.15, 0.2) is 0 Å². The highest BCUT2D eigenvalue weighted by molar-refractivity contribution is 14.1. The van der Waals surface area contributed by atoms with Gasteiger partial charge in [0.05, 0.1) is 5.92 Å². The van der Waals surface area contributed by atoms with Crippen LogP contribution in [-0.2, 0) is 0 Å². The lowest BCUT2D eigenvalue weighted by atomic mass is 9.98. The quantitative estimate of drug-likeness (QED) is 0.368. The molecular formula is C10H18F3I. The Morgan fingerprint density at radius 1 is 1.14 bits per heavy atom. The molecule has 0 aromatic rings. The van der Waals surface area contributed by atoms with Gasteiger partial charge < -0.3 is 0 Å². The van der Waals surface area contributed by atoms with Crippen LogP contribution in [0.2, 0.25) is 0 Å². The highest BCUT2D eigenvalue weighted by Gasteiger charge is 2.41. The van der Waals surface area contributed by atoms with E-state index >= 15 is 0 Å². The van der Waals surface area contributed by atoms with Gasteiger partial charge in [-0.2, -0.15) is 13.2 Å². The Labute approximate surface area is 97.8 Å². The molecule has 0 aliphatic rings. The van der Waals surface area contributed by atoms with Crippen molar-refractivity contribution >= 4 is 22.6 Å². The summed E-state index contributed by atoms with van der Waals surface area (Å²) in [6.07, 6.45) is -0.126. The highest BCUT2D eigenvalue weighted by Crippen LogP contribution is 2.36. The molecule has 86 valence electrons. The summed E-state index contributed by atoms with van der Waals surface area (Å²) < 4.78 is 37.2. The monoisotopic (exact) mass is 322 g/mol. The van der Waals surface area contributed by atoms with Gasteiger partial charge in [-0.25, -0.2) is 0 Å². The van der Waals surface area contributed by atoms with Crippen LogP contribution < -0.4 is 0 Å². The summed E-state index contributed by atoms with van der Waals surface area (Å²) in [5, 5.41) is 0. The van der Waals surface area contributed by atoms with E-state index in [1.807, 2.05) is 22.6 Å². The minimum absolute atomic E-state index is 0.198. The van der Waals surface area contributed by atoms with E-state index in [4.69, 9.17) is 0 Å². The summed E-state index contributed by atoms with van der Waals surface area (Å²) in [6, 6.07) is 0. The third-order valence-corrected chi connectivity index (χ3v) is 3.87. The summed E-state index contributed by atoms with van der Waals surface area (Å²) in [5.41, 5.74) is 0. The summed E-state index contributed by atoms with van der Waals surface area (Å²) in [5.74, 6) is -1.13. The van der Waals surface area contributed by atoms with Crippen LogP contribution in [0.5, 0.6) is 0 Å². The molecule has 0 fully saturated rings. The Kier molecular flexibility index (Phi) is 7.16. The normalized spacial score (nSPS) is 16.7. The van der Waals surface area contributed by atoms with Gasteiger partial charge in [0.2, 0.25) is 0 Å². The molecule has 0 nitrogen and oxygen atoms in total. The molecular weight excluding hydrogens is 304 g/mol. The smallest absolute Gasteiger partial charge is 0.171 e. The van der Waals surface area contributed by atoms with Crippen molar-refractivity contribution in [2.45, 2.75) is 56.1 Å². The van der Waals surface area contributed by atoms with E-state index < -0.39 is 12.1 Å². The zero-order valence-electron chi connectivity index (χ0n) is 8.70. The molecule has 0 bridgehead atoms. The van der Waals surface area contributed by atoms with Crippen LogP contribution in [0.25, 0.3) is 0 Å². The van der Waals surface area contributed by atoms with Crippen molar-refractivity contribution in [3.8, 4) is 0 Å². The Bertz CT molecular complexity index is 145. The molecule has 0 aliphatic heterocycles. The minimum Gasteiger partial charge on any atom is -0.171 e. The van der Waals surface area contributed by atoms with Crippen LogP contribution in [0.3, 0.4) is 0 Å². The molecule has 0 heterocycles. The van der Waals surface area contributed by atoms with Gasteiger partial charge in [0.1, 0.15) is 0 Å². The average Bonchev–Trinajstić information content (AvgIpc) is 2.03. The maximum absolute atomic E-state index is 12.5. The summed E-state index contributed by atoms with van der Waals surface area (Å²) in [6.45, 7) is 3.67. The summed E-state index contributed by atoms with van der Waals surface area (Å²) in [4.78, 5) is 0. The van der Waals surface area contributed by atoms with Crippen LogP contribution in [0.15, 0.2) is 0 Å². The molecule has 2 atom stereocenters. The van der Waals surface area contributed by atoms with Crippen molar-refractivity contribution in [2.24, 2.45) is 5.92 Å². The number of alkyl halides is 4. The lowest BCUT2D eigenvalue weighted by molar-refractivity contribution is -0.174. The zero-order chi connectivity index (χ0) is 11.2. The van der Waals surface area contributed by atoms with Gasteiger partial charge in [0.25, 0.3) is 0 Å². The molecule has 0 rings (SSSR count). The molecule has 0 N–H and O–H groups in total. The topological polar surface area (TPSA) is 0 Å². The van der Waals surface area contributed by atoms with Crippen LogP contribution in [0.1, 0.15) is 46.0 Å². The first-order valence-corrected chi connectivity index (χ1v) is 6.38. The van der Waals surface area contributed by atoms with Gasteiger partial charge in [-0.15, -0.1) is 0 Å². The van der Waals surface area contributed by atoms with Gasteiger partial charge in [0, 0.05) is 3.92 Å². The second-order valence-electron chi connectivity index (χ2n) is 3.57. The van der Waals surface area contributed by atoms with E-state index in [0.29, 0.717) is 6.42 Å². The van der Waals surface area contributed by atoms with Crippen LogP contribution >= 0.6 is 22.6 Å². The average molecular weight is 322 g/mol. The number of halogens is 4. The Balaban J connectivity index is 3.98. The Morgan fingerprint density at radius 3 is 2.07 bits per heavy atom. The second kappa shape index (κ2) is 6.90. The SMILES string of the molecule is CCCCCC(I)C(CC)C(F)(F)F. The van der Waals surface area contributed by atoms with Crippen molar-refractivity contribution in [1.29, 1.82) is 0 Å². The predicted molar refractivity (Wildman–Crippen MR) is 61.8 cm³/mol. The molecule has 0 spiro atoms. The zero-order valence-corrected chi connectivity index (χ0v) is 10.9. The van der Waals surface area contributed by atoms with E-state index in [9.17, 15) is 13.2 Å². The number of hydrogen-bond acceptors (Lipinski definition) is 0. The lowest BCUT2D eigenvalue weighted by Gasteiger charge is -2.23. The molecule has 0 aromatic heterocycles. The third-order valence-electron chi connectivity index (χ3n) is 2.38. The van der Waals surface area contributed by atoms with Gasteiger partial charge in [-0.05, 0) is 12.8 Å². The molecule has 0 aromatic carbocycles. The lowest BCUT2D eigenvalue weighted by Crippen LogP contribution is -2.30. The van der Waals surface area contributed by atoms with Crippen molar-refractivity contribution in [2.75, 3.05) is 0 Å². The van der Waals surface area contributed by atoms with E-state index in [2.05, 4.69) is 6.92 Å². The number of hydrogen-bond donors (Lipinski definition) is 0. The number of unbranched alkanes of at least 4 members (excludes halogenated alkanes) is 2. The van der Waals surface area contributed by atoms with Crippen LogP contribution in [-0.4, -0.2) is 10.1 Å². The van der Waals surface area contributed by atoms with E-state index in [1.165, 1.54) is 0 Å². The summed E-state index contributed by atoms with van der Waals surface area (Å²) in [7, 11) is 0. The van der Waals surface area contributed by atoms with Crippen molar-refractivity contribution < 1.29 is 13.2 Å². The van der Waals surface area contributed by atoms with E-state index in [-0.39, 0.29) is 10.3 Å². The predicted octanol–water partition coefficient (Wildman–Crippen LogP) is 4.96. The molecule has 0 saturated carbocycles.